The molecule has 29 heavy (non-hydrogen) atoms. The van der Waals surface area contributed by atoms with Gasteiger partial charge < -0.3 is 0 Å². The zero-order valence-electron chi connectivity index (χ0n) is 14.5. The Labute approximate surface area is 207 Å². The lowest BCUT2D eigenvalue weighted by Gasteiger charge is -1.95. The molecule has 0 atom stereocenters. The molecule has 0 aliphatic rings. The molecular weight excluding hydrogens is 558 g/mol. The van der Waals surface area contributed by atoms with Crippen LogP contribution in [0.5, 0.6) is 0 Å². The number of hydrogen-bond donors (Lipinski definition) is 0. The molecule has 3 rings (SSSR count). The monoisotopic (exact) mass is 575 g/mol. The van der Waals surface area contributed by atoms with Crippen LogP contribution in [0.25, 0.3) is 10.1 Å². The maximum Gasteiger partial charge on any atom is 0.151 e. The van der Waals surface area contributed by atoms with Crippen molar-refractivity contribution in [1.29, 1.82) is 0 Å². The van der Waals surface area contributed by atoms with Gasteiger partial charge in [-0.3, -0.25) is 4.79 Å². The second-order valence-corrected chi connectivity index (χ2v) is 16.8. The highest BCUT2D eigenvalue weighted by atomic mass is 35.5. The normalized spacial score (nSPS) is 8.66. The van der Waals surface area contributed by atoms with E-state index >= 15 is 0 Å². The van der Waals surface area contributed by atoms with Crippen LogP contribution in [0.15, 0.2) is 42.6 Å². The number of carbonyl (C=O) groups excluding carboxylic acids is 1. The number of aromatic nitrogens is 1. The molecule has 0 bridgehead atoms. The molecule has 1 heterocycles. The number of nitrogens with zero attached hydrogens (tertiary/aromatic N) is 1. The Bertz CT molecular complexity index is 1160. The smallest absolute Gasteiger partial charge is 0.151 e. The van der Waals surface area contributed by atoms with Gasteiger partial charge in [0.25, 0.3) is 0 Å². The third-order valence-electron chi connectivity index (χ3n) is 2.93. The van der Waals surface area contributed by atoms with Gasteiger partial charge in [-0.1, -0.05) is 42.3 Å². The summed E-state index contributed by atoms with van der Waals surface area (Å²) in [5, 5.41) is 1.77. The van der Waals surface area contributed by atoms with Crippen LogP contribution in [0.3, 0.4) is 0 Å². The maximum atomic E-state index is 10.3. The quantitative estimate of drug-likeness (QED) is 0.349. The highest BCUT2D eigenvalue weighted by Crippen LogP contribution is 2.18. The molecule has 2 aromatic carbocycles. The second kappa shape index (κ2) is 17.7. The minimum absolute atomic E-state index is 0. The molecule has 1 aromatic heterocycles. The molecule has 158 valence electrons. The number of rotatable bonds is 1. The van der Waals surface area contributed by atoms with E-state index in [0.29, 0.717) is 10.6 Å². The Balaban J connectivity index is 0.000000403. The maximum absolute atomic E-state index is 10.3. The predicted molar refractivity (Wildman–Crippen MR) is 152 cm³/mol. The molecule has 0 spiro atoms. The number of aldehydes is 1. The SMILES string of the molecule is C.Cc1ccc(Cl)c(C=O)c1.Cc1ccc2sncc2c1.S=S=S=S=S=S=S=S. The Morgan fingerprint density at radius 2 is 1.55 bits per heavy atom. The molecule has 0 saturated heterocycles. The fourth-order valence-corrected chi connectivity index (χ4v) is 13.6. The highest BCUT2D eigenvalue weighted by Gasteiger charge is 1.96. The van der Waals surface area contributed by atoms with Gasteiger partial charge >= 0.3 is 0 Å². The van der Waals surface area contributed by atoms with Gasteiger partial charge in [-0.25, -0.2) is 0 Å². The molecule has 12 heteroatoms. The first-order valence-corrected chi connectivity index (χ1v) is 17.8. The summed E-state index contributed by atoms with van der Waals surface area (Å²) in [6, 6.07) is 11.7. The van der Waals surface area contributed by atoms with Crippen LogP contribution in [0.4, 0.5) is 0 Å². The highest BCUT2D eigenvalue weighted by molar-refractivity contribution is 8.70. The fourth-order valence-electron chi connectivity index (χ4n) is 1.79. The average molecular weight is 576 g/mol. The number of aryl methyl sites for hydroxylation is 2. The van der Waals surface area contributed by atoms with E-state index in [1.165, 1.54) is 33.4 Å². The Morgan fingerprint density at radius 3 is 2.10 bits per heavy atom. The van der Waals surface area contributed by atoms with Crippen molar-refractivity contribution in [2.24, 2.45) is 0 Å². The topological polar surface area (TPSA) is 30.0 Å². The van der Waals surface area contributed by atoms with Gasteiger partial charge in [-0.2, -0.15) is 4.37 Å². The van der Waals surface area contributed by atoms with E-state index < -0.39 is 0 Å². The van der Waals surface area contributed by atoms with Crippen molar-refractivity contribution in [2.75, 3.05) is 0 Å². The summed E-state index contributed by atoms with van der Waals surface area (Å²) in [5.41, 5.74) is 2.90. The van der Waals surface area contributed by atoms with E-state index in [0.717, 1.165) is 11.8 Å². The zero-order valence-corrected chi connectivity index (χ0v) is 22.6. The third kappa shape index (κ3) is 12.5. The Kier molecular flexibility index (Phi) is 17.7. The van der Waals surface area contributed by atoms with Gasteiger partial charge in [-0.05, 0) is 49.6 Å². The van der Waals surface area contributed by atoms with E-state index in [9.17, 15) is 4.79 Å². The molecular formula is C17H18ClNOS9. The number of fused-ring (bicyclic) bond motifs is 1. The van der Waals surface area contributed by atoms with Crippen molar-refractivity contribution < 1.29 is 4.79 Å². The summed E-state index contributed by atoms with van der Waals surface area (Å²) < 4.78 is 5.35. The Morgan fingerprint density at radius 1 is 0.966 bits per heavy atom. The molecule has 2 nitrogen and oxygen atoms in total. The standard InChI is InChI=1S/C8H7ClO.C8H7NS.CH4.S8/c1-6-2-3-8(9)7(4-6)5-10;1-6-2-3-8-7(4-6)5-9-10-8;;1-3-5-7-8-6-4-2/h2*2-5H,1H3;1H4;. The van der Waals surface area contributed by atoms with Crippen molar-refractivity contribution in [3.8, 4) is 0 Å². The Hall–Kier alpha value is 0.0500. The summed E-state index contributed by atoms with van der Waals surface area (Å²) in [6.07, 6.45) is 2.67. The van der Waals surface area contributed by atoms with Crippen LogP contribution in [0.2, 0.25) is 5.02 Å². The van der Waals surface area contributed by atoms with Crippen molar-refractivity contribution in [3.05, 3.63) is 64.3 Å². The van der Waals surface area contributed by atoms with Gasteiger partial charge in [0.1, 0.15) is 0 Å². The van der Waals surface area contributed by atoms with Crippen LogP contribution < -0.4 is 0 Å². The predicted octanol–water partition coefficient (Wildman–Crippen LogP) is 5.68. The van der Waals surface area contributed by atoms with E-state index in [-0.39, 0.29) is 7.43 Å². The van der Waals surface area contributed by atoms with Gasteiger partial charge in [0.15, 0.2) is 6.29 Å². The summed E-state index contributed by atoms with van der Waals surface area (Å²) in [4.78, 5) is 10.3. The van der Waals surface area contributed by atoms with E-state index in [2.05, 4.69) is 51.9 Å². The van der Waals surface area contributed by atoms with Crippen molar-refractivity contribution >= 4 is 115 Å². The van der Waals surface area contributed by atoms with Gasteiger partial charge in [0.05, 0.1) is 9.72 Å². The first-order valence-electron chi connectivity index (χ1n) is 7.29. The molecule has 0 unspecified atom stereocenters. The molecule has 0 aliphatic carbocycles. The average Bonchev–Trinajstić information content (AvgIpc) is 3.16. The first kappa shape index (κ1) is 29.1. The van der Waals surface area contributed by atoms with Crippen LogP contribution >= 0.6 is 23.1 Å². The summed E-state index contributed by atoms with van der Waals surface area (Å²) in [7, 11) is 9.12. The lowest BCUT2D eigenvalue weighted by atomic mass is 10.2. The first-order chi connectivity index (χ1) is 13.5. The van der Waals surface area contributed by atoms with Crippen molar-refractivity contribution in [2.45, 2.75) is 21.3 Å². The lowest BCUT2D eigenvalue weighted by molar-refractivity contribution is 0.112. The third-order valence-corrected chi connectivity index (χ3v) is 15.2. The molecule has 0 amide bonds. The van der Waals surface area contributed by atoms with Crippen LogP contribution in [-0.2, 0) is 75.7 Å². The van der Waals surface area contributed by atoms with E-state index in [1.807, 2.05) is 19.2 Å². The molecule has 0 aliphatic heterocycles. The number of hydrogen-bond acceptors (Lipinski definition) is 5. The largest absolute Gasteiger partial charge is 0.298 e. The summed E-state index contributed by atoms with van der Waals surface area (Å²) in [6.45, 7) is 4.01. The molecule has 3 aromatic rings. The van der Waals surface area contributed by atoms with Crippen LogP contribution in [-0.4, -0.2) is 10.7 Å². The zero-order chi connectivity index (χ0) is 20.8. The lowest BCUT2D eigenvalue weighted by Crippen LogP contribution is -1.82. The summed E-state index contributed by atoms with van der Waals surface area (Å²) >= 11 is 16.4. The molecule has 0 fully saturated rings. The van der Waals surface area contributed by atoms with Gasteiger partial charge in [0, 0.05) is 92.8 Å². The second-order valence-electron chi connectivity index (χ2n) is 4.92. The van der Waals surface area contributed by atoms with E-state index in [1.54, 1.807) is 59.2 Å². The van der Waals surface area contributed by atoms with Crippen LogP contribution in [0, 0.1) is 13.8 Å². The minimum Gasteiger partial charge on any atom is -0.298 e. The van der Waals surface area contributed by atoms with Gasteiger partial charge in [0.2, 0.25) is 0 Å². The number of halogens is 1. The molecule has 0 saturated carbocycles. The number of carbonyl (C=O) groups is 1. The van der Waals surface area contributed by atoms with Crippen molar-refractivity contribution in [3.63, 3.8) is 0 Å². The van der Waals surface area contributed by atoms with E-state index in [4.69, 9.17) is 11.6 Å². The van der Waals surface area contributed by atoms with Gasteiger partial charge in [-0.15, -0.1) is 0 Å². The number of benzene rings is 2. The fraction of sp³-hybridized carbons (Fsp3) is 0.176. The summed E-state index contributed by atoms with van der Waals surface area (Å²) in [5.74, 6) is 0. The molecule has 0 N–H and O–H groups in total. The van der Waals surface area contributed by atoms with Crippen molar-refractivity contribution in [1.82, 2.24) is 4.37 Å². The van der Waals surface area contributed by atoms with Crippen LogP contribution in [0.1, 0.15) is 28.9 Å². The molecule has 0 radical (unpaired) electrons. The minimum atomic E-state index is 0.